The van der Waals surface area contributed by atoms with Crippen LogP contribution in [-0.4, -0.2) is 10.1 Å². The molecule has 0 fully saturated rings. The lowest BCUT2D eigenvalue weighted by atomic mass is 10.0. The van der Waals surface area contributed by atoms with E-state index in [0.717, 1.165) is 21.3 Å². The molecule has 1 unspecified atom stereocenters. The standard InChI is InChI=1S/C14H15BrFNO/c1-7-8(2)13(17-9(7)3)14(18)11-6-10(15)4-5-12(11)16/h4-6,14,17-18H,1-3H3. The van der Waals surface area contributed by atoms with Crippen LogP contribution in [0.5, 0.6) is 0 Å². The fourth-order valence-corrected chi connectivity index (χ4v) is 2.40. The van der Waals surface area contributed by atoms with E-state index >= 15 is 0 Å². The summed E-state index contributed by atoms with van der Waals surface area (Å²) in [4.78, 5) is 3.13. The molecule has 0 spiro atoms. The van der Waals surface area contributed by atoms with Gasteiger partial charge < -0.3 is 10.1 Å². The molecule has 0 saturated heterocycles. The third kappa shape index (κ3) is 2.22. The Morgan fingerprint density at radius 1 is 1.22 bits per heavy atom. The van der Waals surface area contributed by atoms with Gasteiger partial charge in [-0.3, -0.25) is 0 Å². The second kappa shape index (κ2) is 4.86. The zero-order valence-electron chi connectivity index (χ0n) is 10.5. The van der Waals surface area contributed by atoms with Crippen LogP contribution in [0, 0.1) is 26.6 Å². The lowest BCUT2D eigenvalue weighted by molar-refractivity contribution is 0.209. The number of H-pyrrole nitrogens is 1. The van der Waals surface area contributed by atoms with Gasteiger partial charge in [0.2, 0.25) is 0 Å². The summed E-state index contributed by atoms with van der Waals surface area (Å²) < 4.78 is 14.5. The second-order valence-corrected chi connectivity index (χ2v) is 5.40. The van der Waals surface area contributed by atoms with Crippen LogP contribution in [0.4, 0.5) is 4.39 Å². The molecule has 0 radical (unpaired) electrons. The van der Waals surface area contributed by atoms with E-state index in [1.54, 1.807) is 12.1 Å². The van der Waals surface area contributed by atoms with Crippen LogP contribution in [0.3, 0.4) is 0 Å². The molecule has 1 atom stereocenters. The van der Waals surface area contributed by atoms with Gasteiger partial charge in [0.05, 0.1) is 5.69 Å². The quantitative estimate of drug-likeness (QED) is 0.866. The first-order valence-electron chi connectivity index (χ1n) is 5.70. The van der Waals surface area contributed by atoms with Gasteiger partial charge in [-0.2, -0.15) is 0 Å². The number of halogens is 2. The number of aromatic nitrogens is 1. The number of aliphatic hydroxyl groups excluding tert-OH is 1. The maximum Gasteiger partial charge on any atom is 0.129 e. The van der Waals surface area contributed by atoms with Crippen molar-refractivity contribution in [2.24, 2.45) is 0 Å². The van der Waals surface area contributed by atoms with Gasteiger partial charge in [0, 0.05) is 15.7 Å². The SMILES string of the molecule is Cc1[nH]c(C(O)c2cc(Br)ccc2F)c(C)c1C. The summed E-state index contributed by atoms with van der Waals surface area (Å²) in [5.74, 6) is -0.407. The van der Waals surface area contributed by atoms with Crippen molar-refractivity contribution < 1.29 is 9.50 Å². The lowest BCUT2D eigenvalue weighted by Gasteiger charge is -2.12. The third-order valence-electron chi connectivity index (χ3n) is 3.38. The zero-order valence-corrected chi connectivity index (χ0v) is 12.1. The average Bonchev–Trinajstić information content (AvgIpc) is 2.59. The molecule has 1 aromatic heterocycles. The number of hydrogen-bond acceptors (Lipinski definition) is 1. The van der Waals surface area contributed by atoms with E-state index in [1.165, 1.54) is 6.07 Å². The number of aromatic amines is 1. The molecule has 0 saturated carbocycles. The number of nitrogens with one attached hydrogen (secondary N) is 1. The van der Waals surface area contributed by atoms with Crippen molar-refractivity contribution >= 4 is 15.9 Å². The van der Waals surface area contributed by atoms with Gasteiger partial charge in [0.25, 0.3) is 0 Å². The molecule has 1 heterocycles. The molecule has 2 nitrogen and oxygen atoms in total. The number of benzene rings is 1. The Balaban J connectivity index is 2.50. The highest BCUT2D eigenvalue weighted by Crippen LogP contribution is 2.30. The van der Waals surface area contributed by atoms with Gasteiger partial charge in [-0.05, 0) is 50.1 Å². The Morgan fingerprint density at radius 2 is 1.89 bits per heavy atom. The molecule has 2 rings (SSSR count). The molecular weight excluding hydrogens is 297 g/mol. The maximum atomic E-state index is 13.8. The molecule has 0 aliphatic carbocycles. The summed E-state index contributed by atoms with van der Waals surface area (Å²) in [5, 5.41) is 10.3. The Bertz CT molecular complexity index is 592. The van der Waals surface area contributed by atoms with E-state index in [1.807, 2.05) is 20.8 Å². The van der Waals surface area contributed by atoms with Crippen molar-refractivity contribution in [2.75, 3.05) is 0 Å². The highest BCUT2D eigenvalue weighted by molar-refractivity contribution is 9.10. The van der Waals surface area contributed by atoms with Crippen LogP contribution in [0.2, 0.25) is 0 Å². The smallest absolute Gasteiger partial charge is 0.129 e. The molecule has 1 aromatic carbocycles. The monoisotopic (exact) mass is 311 g/mol. The first-order chi connectivity index (χ1) is 8.41. The van der Waals surface area contributed by atoms with Gasteiger partial charge >= 0.3 is 0 Å². The molecule has 0 bridgehead atoms. The van der Waals surface area contributed by atoms with Crippen molar-refractivity contribution in [1.82, 2.24) is 4.98 Å². The number of rotatable bonds is 2. The Kier molecular flexibility index (Phi) is 3.59. The van der Waals surface area contributed by atoms with Crippen LogP contribution in [-0.2, 0) is 0 Å². The molecule has 96 valence electrons. The Hall–Kier alpha value is -1.13. The molecule has 0 aliphatic heterocycles. The van der Waals surface area contributed by atoms with Crippen LogP contribution in [0.15, 0.2) is 22.7 Å². The van der Waals surface area contributed by atoms with Gasteiger partial charge in [-0.25, -0.2) is 4.39 Å². The van der Waals surface area contributed by atoms with Gasteiger partial charge in [-0.15, -0.1) is 0 Å². The summed E-state index contributed by atoms with van der Waals surface area (Å²) in [6, 6.07) is 4.56. The molecule has 4 heteroatoms. The van der Waals surface area contributed by atoms with Crippen LogP contribution < -0.4 is 0 Å². The zero-order chi connectivity index (χ0) is 13.4. The number of hydrogen-bond donors (Lipinski definition) is 2. The largest absolute Gasteiger partial charge is 0.382 e. The maximum absolute atomic E-state index is 13.8. The minimum atomic E-state index is -0.977. The average molecular weight is 312 g/mol. The minimum Gasteiger partial charge on any atom is -0.382 e. The van der Waals surface area contributed by atoms with E-state index in [9.17, 15) is 9.50 Å². The first-order valence-corrected chi connectivity index (χ1v) is 6.49. The minimum absolute atomic E-state index is 0.272. The fourth-order valence-electron chi connectivity index (χ4n) is 2.03. The van der Waals surface area contributed by atoms with Crippen molar-refractivity contribution in [2.45, 2.75) is 26.9 Å². The molecule has 18 heavy (non-hydrogen) atoms. The predicted molar refractivity (Wildman–Crippen MR) is 73.2 cm³/mol. The van der Waals surface area contributed by atoms with E-state index < -0.39 is 11.9 Å². The lowest BCUT2D eigenvalue weighted by Crippen LogP contribution is -2.04. The van der Waals surface area contributed by atoms with Crippen molar-refractivity contribution in [3.63, 3.8) is 0 Å². The molecule has 0 aliphatic rings. The Labute approximate surface area is 114 Å². The molecular formula is C14H15BrFNO. The first kappa shape index (κ1) is 13.3. The van der Waals surface area contributed by atoms with Crippen LogP contribution >= 0.6 is 15.9 Å². The van der Waals surface area contributed by atoms with E-state index in [-0.39, 0.29) is 5.56 Å². The molecule has 2 N–H and O–H groups in total. The third-order valence-corrected chi connectivity index (χ3v) is 3.87. The topological polar surface area (TPSA) is 36.0 Å². The Morgan fingerprint density at radius 3 is 2.44 bits per heavy atom. The van der Waals surface area contributed by atoms with Gasteiger partial charge in [0.15, 0.2) is 0 Å². The van der Waals surface area contributed by atoms with E-state index in [0.29, 0.717) is 5.69 Å². The predicted octanol–water partition coefficient (Wildman–Crippen LogP) is 3.92. The molecule has 0 amide bonds. The molecule has 2 aromatic rings. The summed E-state index contributed by atoms with van der Waals surface area (Å²) in [6.45, 7) is 5.84. The summed E-state index contributed by atoms with van der Waals surface area (Å²) in [7, 11) is 0. The summed E-state index contributed by atoms with van der Waals surface area (Å²) >= 11 is 3.29. The number of aryl methyl sites for hydroxylation is 1. The highest BCUT2D eigenvalue weighted by Gasteiger charge is 2.20. The van der Waals surface area contributed by atoms with Crippen LogP contribution in [0.25, 0.3) is 0 Å². The highest BCUT2D eigenvalue weighted by atomic mass is 79.9. The van der Waals surface area contributed by atoms with Crippen molar-refractivity contribution in [3.8, 4) is 0 Å². The van der Waals surface area contributed by atoms with Gasteiger partial charge in [0.1, 0.15) is 11.9 Å². The van der Waals surface area contributed by atoms with Crippen LogP contribution in [0.1, 0.15) is 34.2 Å². The van der Waals surface area contributed by atoms with E-state index in [2.05, 4.69) is 20.9 Å². The number of aliphatic hydroxyl groups is 1. The summed E-state index contributed by atoms with van der Waals surface area (Å²) in [5.41, 5.74) is 3.99. The van der Waals surface area contributed by atoms with Gasteiger partial charge in [-0.1, -0.05) is 15.9 Å². The van der Waals surface area contributed by atoms with Crippen molar-refractivity contribution in [3.05, 3.63) is 56.6 Å². The van der Waals surface area contributed by atoms with E-state index in [4.69, 9.17) is 0 Å². The normalized spacial score (nSPS) is 12.8. The summed E-state index contributed by atoms with van der Waals surface area (Å²) in [6.07, 6.45) is -0.977. The fraction of sp³-hybridized carbons (Fsp3) is 0.286. The van der Waals surface area contributed by atoms with Crippen molar-refractivity contribution in [1.29, 1.82) is 0 Å². The second-order valence-electron chi connectivity index (χ2n) is 4.48.